The van der Waals surface area contributed by atoms with E-state index in [0.717, 1.165) is 6.42 Å². The molecule has 0 spiro atoms. The molecule has 0 aliphatic heterocycles. The lowest BCUT2D eigenvalue weighted by atomic mass is 9.85. The minimum atomic E-state index is -3.21. The molecular formula is C25H37F2N3O6. The second-order valence-corrected chi connectivity index (χ2v) is 8.90. The van der Waals surface area contributed by atoms with Crippen LogP contribution in [0, 0.1) is 11.8 Å². The second kappa shape index (κ2) is 14.6. The average Bonchev–Trinajstić information content (AvgIpc) is 2.84. The number of nitrogens with one attached hydrogen (secondary N) is 3. The first-order valence-corrected chi connectivity index (χ1v) is 11.9. The Morgan fingerprint density at radius 3 is 2.47 bits per heavy atom. The third kappa shape index (κ3) is 9.27. The molecule has 0 bridgehead atoms. The van der Waals surface area contributed by atoms with E-state index in [1.165, 1.54) is 26.1 Å². The molecule has 0 saturated carbocycles. The number of allylic oxidation sites excluding steroid dienone is 4. The maximum atomic E-state index is 14.3. The zero-order valence-corrected chi connectivity index (χ0v) is 20.9. The summed E-state index contributed by atoms with van der Waals surface area (Å²) < 4.78 is 28.7. The molecule has 1 aliphatic rings. The number of hydrogen-bond acceptors (Lipinski definition) is 7. The van der Waals surface area contributed by atoms with Gasteiger partial charge in [-0.15, -0.1) is 0 Å². The van der Waals surface area contributed by atoms with Gasteiger partial charge in [0.15, 0.2) is 0 Å². The fraction of sp³-hybridized carbons (Fsp3) is 0.600. The lowest BCUT2D eigenvalue weighted by molar-refractivity contribution is -0.139. The Morgan fingerprint density at radius 1 is 1.28 bits per heavy atom. The van der Waals surface area contributed by atoms with Crippen LogP contribution in [0.2, 0.25) is 0 Å². The minimum Gasteiger partial charge on any atom is -0.481 e. The molecule has 9 nitrogen and oxygen atoms in total. The van der Waals surface area contributed by atoms with E-state index in [4.69, 9.17) is 5.11 Å². The normalized spacial score (nSPS) is 19.1. The lowest BCUT2D eigenvalue weighted by Crippen LogP contribution is -2.46. The first-order chi connectivity index (χ1) is 16.9. The highest BCUT2D eigenvalue weighted by molar-refractivity contribution is 5.90. The first kappa shape index (κ1) is 31.1. The number of unbranched alkanes of at least 4 members (excludes halogenated alkanes) is 1. The molecule has 11 heteroatoms. The van der Waals surface area contributed by atoms with E-state index in [-0.39, 0.29) is 18.4 Å². The van der Waals surface area contributed by atoms with Gasteiger partial charge >= 0.3 is 5.97 Å². The number of alkyl halides is 2. The van der Waals surface area contributed by atoms with E-state index < -0.39 is 60.2 Å². The standard InChI is InChI=1S/C25H37F2N3O6/c1-5-7-8-16(24(36)30-18(14-31)13-22(33)34)12-21(32)15(3)29-23(35)17-9-10-20(28-4)19(11-17)25(26,27)6-2/h6,9-10,14-16,18-19,23,28-29,35H,2,5,7-8,11-13H2,1,3-4H3,(H,30,36)(H,33,34)/t15-,16+,18?,19?,23?/m0/s1. The predicted octanol–water partition coefficient (Wildman–Crippen LogP) is 2.08. The van der Waals surface area contributed by atoms with E-state index in [2.05, 4.69) is 22.5 Å². The lowest BCUT2D eigenvalue weighted by Gasteiger charge is -2.32. The Hall–Kier alpha value is -2.92. The fourth-order valence-corrected chi connectivity index (χ4v) is 3.93. The molecule has 0 aromatic heterocycles. The van der Waals surface area contributed by atoms with Gasteiger partial charge in [-0.2, -0.15) is 0 Å². The molecule has 0 radical (unpaired) electrons. The van der Waals surface area contributed by atoms with Gasteiger partial charge in [0.25, 0.3) is 5.92 Å². The van der Waals surface area contributed by atoms with Crippen molar-refractivity contribution in [2.45, 2.75) is 76.6 Å². The van der Waals surface area contributed by atoms with Gasteiger partial charge in [-0.1, -0.05) is 32.4 Å². The molecule has 0 fully saturated rings. The van der Waals surface area contributed by atoms with Crippen LogP contribution in [0.4, 0.5) is 8.78 Å². The Morgan fingerprint density at radius 2 is 1.94 bits per heavy atom. The molecule has 5 atom stereocenters. The highest BCUT2D eigenvalue weighted by Crippen LogP contribution is 2.38. The van der Waals surface area contributed by atoms with E-state index in [1.54, 1.807) is 0 Å². The van der Waals surface area contributed by atoms with E-state index in [1.807, 2.05) is 6.92 Å². The SMILES string of the molecule is C=CC(F)(F)C1CC(C(O)N[C@@H](C)C(=O)C[C@@H](CCCC)C(=O)NC(C=O)CC(=O)O)=CC=C1NC. The number of aliphatic hydroxyl groups excluding tert-OH is 1. The van der Waals surface area contributed by atoms with Gasteiger partial charge in [0.2, 0.25) is 5.91 Å². The number of halogens is 2. The third-order valence-electron chi connectivity index (χ3n) is 6.17. The summed E-state index contributed by atoms with van der Waals surface area (Å²) in [6.07, 6.45) is 3.27. The van der Waals surface area contributed by atoms with Gasteiger partial charge in [0, 0.05) is 25.1 Å². The summed E-state index contributed by atoms with van der Waals surface area (Å²) in [4.78, 5) is 47.5. The van der Waals surface area contributed by atoms with Crippen LogP contribution >= 0.6 is 0 Å². The van der Waals surface area contributed by atoms with Crippen LogP contribution in [0.25, 0.3) is 0 Å². The summed E-state index contributed by atoms with van der Waals surface area (Å²) in [5, 5.41) is 27.3. The summed E-state index contributed by atoms with van der Waals surface area (Å²) in [7, 11) is 1.52. The van der Waals surface area contributed by atoms with Crippen molar-refractivity contribution in [1.29, 1.82) is 0 Å². The molecule has 3 unspecified atom stereocenters. The molecule has 0 aromatic carbocycles. The molecule has 1 aliphatic carbocycles. The number of rotatable bonds is 17. The van der Waals surface area contributed by atoms with Gasteiger partial charge in [-0.25, -0.2) is 8.78 Å². The smallest absolute Gasteiger partial charge is 0.305 e. The van der Waals surface area contributed by atoms with Gasteiger partial charge in [0.05, 0.1) is 24.4 Å². The first-order valence-electron chi connectivity index (χ1n) is 11.9. The van der Waals surface area contributed by atoms with Crippen molar-refractivity contribution in [3.63, 3.8) is 0 Å². The van der Waals surface area contributed by atoms with Crippen LogP contribution in [-0.4, -0.2) is 65.4 Å². The number of carbonyl (C=O) groups is 4. The van der Waals surface area contributed by atoms with E-state index >= 15 is 0 Å². The van der Waals surface area contributed by atoms with Crippen LogP contribution in [0.5, 0.6) is 0 Å². The molecule has 0 aromatic rings. The van der Waals surface area contributed by atoms with Gasteiger partial charge in [-0.3, -0.25) is 19.7 Å². The van der Waals surface area contributed by atoms with E-state index in [9.17, 15) is 33.1 Å². The zero-order valence-electron chi connectivity index (χ0n) is 20.9. The Balaban J connectivity index is 2.87. The largest absolute Gasteiger partial charge is 0.481 e. The second-order valence-electron chi connectivity index (χ2n) is 8.90. The molecule has 1 amide bonds. The zero-order chi connectivity index (χ0) is 27.5. The predicted molar refractivity (Wildman–Crippen MR) is 130 cm³/mol. The summed E-state index contributed by atoms with van der Waals surface area (Å²) in [6.45, 7) is 6.59. The van der Waals surface area contributed by atoms with Crippen molar-refractivity contribution >= 4 is 23.9 Å². The van der Waals surface area contributed by atoms with Crippen LogP contribution in [0.1, 0.15) is 52.4 Å². The quantitative estimate of drug-likeness (QED) is 0.113. The number of carbonyl (C=O) groups excluding carboxylic acids is 3. The monoisotopic (exact) mass is 513 g/mol. The Labute approximate surface area is 210 Å². The number of amides is 1. The Kier molecular flexibility index (Phi) is 12.6. The maximum absolute atomic E-state index is 14.3. The van der Waals surface area contributed by atoms with Crippen LogP contribution in [-0.2, 0) is 19.2 Å². The highest BCUT2D eigenvalue weighted by atomic mass is 19.3. The molecule has 0 saturated heterocycles. The molecule has 1 rings (SSSR count). The number of Topliss-reactive ketones (excluding diaryl/α,β-unsaturated/α-hetero) is 1. The fourth-order valence-electron chi connectivity index (χ4n) is 3.93. The molecule has 36 heavy (non-hydrogen) atoms. The number of carboxylic acid groups (broad SMARTS) is 1. The number of aldehydes is 1. The van der Waals surface area contributed by atoms with Crippen LogP contribution < -0.4 is 16.0 Å². The Bertz CT molecular complexity index is 874. The van der Waals surface area contributed by atoms with Crippen molar-refractivity contribution in [3.05, 3.63) is 36.1 Å². The maximum Gasteiger partial charge on any atom is 0.305 e. The van der Waals surface area contributed by atoms with Crippen molar-refractivity contribution in [1.82, 2.24) is 16.0 Å². The average molecular weight is 514 g/mol. The number of hydrogen-bond donors (Lipinski definition) is 5. The van der Waals surface area contributed by atoms with Crippen molar-refractivity contribution in [2.24, 2.45) is 11.8 Å². The van der Waals surface area contributed by atoms with Crippen LogP contribution in [0.3, 0.4) is 0 Å². The van der Waals surface area contributed by atoms with Crippen molar-refractivity contribution in [2.75, 3.05) is 7.05 Å². The molecule has 202 valence electrons. The number of ketones is 1. The van der Waals surface area contributed by atoms with E-state index in [0.29, 0.717) is 30.9 Å². The minimum absolute atomic E-state index is 0.168. The molecule has 5 N–H and O–H groups in total. The van der Waals surface area contributed by atoms with Gasteiger partial charge in [-0.05, 0) is 37.5 Å². The van der Waals surface area contributed by atoms with Gasteiger partial charge in [0.1, 0.15) is 18.3 Å². The molecule has 0 heterocycles. The summed E-state index contributed by atoms with van der Waals surface area (Å²) >= 11 is 0. The van der Waals surface area contributed by atoms with Crippen molar-refractivity contribution < 1.29 is 38.2 Å². The highest BCUT2D eigenvalue weighted by Gasteiger charge is 2.41. The van der Waals surface area contributed by atoms with Crippen molar-refractivity contribution in [3.8, 4) is 0 Å². The molecular weight excluding hydrogens is 476 g/mol. The number of carboxylic acids is 1. The van der Waals surface area contributed by atoms with Gasteiger partial charge < -0.3 is 25.6 Å². The van der Waals surface area contributed by atoms with Crippen LogP contribution in [0.15, 0.2) is 36.1 Å². The summed E-state index contributed by atoms with van der Waals surface area (Å²) in [6, 6.07) is -2.12. The number of aliphatic carboxylic acids is 1. The summed E-state index contributed by atoms with van der Waals surface area (Å²) in [5.74, 6) is -7.50. The third-order valence-corrected chi connectivity index (χ3v) is 6.17. The number of aliphatic hydroxyl groups is 1. The summed E-state index contributed by atoms with van der Waals surface area (Å²) in [5.41, 5.74) is 0.559. The topological polar surface area (TPSA) is 145 Å².